The predicted octanol–water partition coefficient (Wildman–Crippen LogP) is 4.16. The van der Waals surface area contributed by atoms with Crippen LogP contribution in [-0.4, -0.2) is 35.5 Å². The summed E-state index contributed by atoms with van der Waals surface area (Å²) in [6.45, 7) is 2.51. The molecule has 0 fully saturated rings. The number of amides is 1. The Morgan fingerprint density at radius 3 is 2.55 bits per heavy atom. The van der Waals surface area contributed by atoms with Gasteiger partial charge in [0, 0.05) is 13.1 Å². The average Bonchev–Trinajstić information content (AvgIpc) is 2.76. The minimum Gasteiger partial charge on any atom is -0.497 e. The van der Waals surface area contributed by atoms with Gasteiger partial charge in [-0.2, -0.15) is 0 Å². The van der Waals surface area contributed by atoms with E-state index in [4.69, 9.17) is 4.74 Å². The van der Waals surface area contributed by atoms with Crippen LogP contribution >= 0.6 is 0 Å². The van der Waals surface area contributed by atoms with E-state index in [0.717, 1.165) is 33.2 Å². The smallest absolute Gasteiger partial charge is 0.312 e. The molecular formula is C24H23NO4. The first kappa shape index (κ1) is 19.0. The fourth-order valence-electron chi connectivity index (χ4n) is 4.04. The van der Waals surface area contributed by atoms with Gasteiger partial charge in [-0.05, 0) is 46.5 Å². The van der Waals surface area contributed by atoms with Crippen molar-refractivity contribution in [3.8, 4) is 5.75 Å². The molecule has 2 unspecified atom stereocenters. The molecule has 148 valence electrons. The van der Waals surface area contributed by atoms with E-state index < -0.39 is 11.9 Å². The Morgan fingerprint density at radius 1 is 1.07 bits per heavy atom. The summed E-state index contributed by atoms with van der Waals surface area (Å²) in [5, 5.41) is 11.7. The molecule has 3 aromatic rings. The second-order valence-electron chi connectivity index (χ2n) is 7.50. The molecule has 4 rings (SSSR count). The van der Waals surface area contributed by atoms with E-state index in [-0.39, 0.29) is 18.4 Å². The molecule has 0 saturated carbocycles. The molecule has 0 radical (unpaired) electrons. The van der Waals surface area contributed by atoms with Gasteiger partial charge in [0.25, 0.3) is 0 Å². The lowest BCUT2D eigenvalue weighted by Crippen LogP contribution is -2.42. The monoisotopic (exact) mass is 389 g/mol. The molecule has 29 heavy (non-hydrogen) atoms. The Labute approximate surface area is 169 Å². The second-order valence-corrected chi connectivity index (χ2v) is 7.50. The molecule has 0 aromatic heterocycles. The van der Waals surface area contributed by atoms with Gasteiger partial charge in [-0.3, -0.25) is 9.59 Å². The summed E-state index contributed by atoms with van der Waals surface area (Å²) in [6.07, 6.45) is 0. The van der Waals surface area contributed by atoms with Gasteiger partial charge in [-0.1, -0.05) is 48.5 Å². The van der Waals surface area contributed by atoms with Crippen LogP contribution < -0.4 is 4.74 Å². The number of carbonyl (C=O) groups excluding carboxylic acids is 1. The third-order valence-electron chi connectivity index (χ3n) is 5.75. The number of aliphatic carboxylic acids is 1. The van der Waals surface area contributed by atoms with Crippen LogP contribution in [0.4, 0.5) is 0 Å². The average molecular weight is 389 g/mol. The van der Waals surface area contributed by atoms with Crippen molar-refractivity contribution in [1.29, 1.82) is 0 Å². The number of hydrogen-bond donors (Lipinski definition) is 1. The maximum atomic E-state index is 13.2. The molecule has 0 bridgehead atoms. The van der Waals surface area contributed by atoms with Crippen molar-refractivity contribution in [2.45, 2.75) is 25.3 Å². The van der Waals surface area contributed by atoms with Crippen LogP contribution in [0.2, 0.25) is 0 Å². The van der Waals surface area contributed by atoms with E-state index >= 15 is 0 Å². The standard InChI is InChI=1S/C24H23NO4/c1-15(16-7-8-18-12-20(29-2)10-9-17(18)11-16)23(26)25-13-19-5-3-4-6-21(19)22(14-25)24(27)28/h3-12,15,22H,13-14H2,1-2H3,(H,27,28). The third kappa shape index (κ3) is 3.56. The fraction of sp³-hybridized carbons (Fsp3) is 0.250. The molecule has 0 saturated heterocycles. The normalized spacial score (nSPS) is 16.9. The van der Waals surface area contributed by atoms with Gasteiger partial charge >= 0.3 is 5.97 Å². The fourth-order valence-corrected chi connectivity index (χ4v) is 4.04. The first-order chi connectivity index (χ1) is 14.0. The van der Waals surface area contributed by atoms with Gasteiger partial charge in [-0.25, -0.2) is 0 Å². The molecule has 1 N–H and O–H groups in total. The molecule has 1 heterocycles. The van der Waals surface area contributed by atoms with Crippen molar-refractivity contribution in [2.24, 2.45) is 0 Å². The lowest BCUT2D eigenvalue weighted by molar-refractivity contribution is -0.141. The molecule has 1 amide bonds. The zero-order valence-corrected chi connectivity index (χ0v) is 16.5. The van der Waals surface area contributed by atoms with Crippen molar-refractivity contribution in [1.82, 2.24) is 4.90 Å². The molecule has 5 nitrogen and oxygen atoms in total. The van der Waals surface area contributed by atoms with Gasteiger partial charge in [0.1, 0.15) is 5.75 Å². The van der Waals surface area contributed by atoms with Crippen molar-refractivity contribution < 1.29 is 19.4 Å². The van der Waals surface area contributed by atoms with Crippen LogP contribution in [0.15, 0.2) is 60.7 Å². The summed E-state index contributed by atoms with van der Waals surface area (Å²) in [7, 11) is 1.64. The van der Waals surface area contributed by atoms with E-state index in [9.17, 15) is 14.7 Å². The maximum absolute atomic E-state index is 13.2. The molecule has 0 spiro atoms. The van der Waals surface area contributed by atoms with E-state index in [0.29, 0.717) is 6.54 Å². The summed E-state index contributed by atoms with van der Waals surface area (Å²) in [5.41, 5.74) is 2.62. The lowest BCUT2D eigenvalue weighted by Gasteiger charge is -2.34. The first-order valence-electron chi connectivity index (χ1n) is 9.65. The van der Waals surface area contributed by atoms with E-state index in [1.54, 1.807) is 12.0 Å². The van der Waals surface area contributed by atoms with Gasteiger partial charge in [0.15, 0.2) is 0 Å². The number of fused-ring (bicyclic) bond motifs is 2. The molecule has 0 aliphatic carbocycles. The first-order valence-corrected chi connectivity index (χ1v) is 9.65. The van der Waals surface area contributed by atoms with Gasteiger partial charge < -0.3 is 14.7 Å². The van der Waals surface area contributed by atoms with Crippen molar-refractivity contribution in [2.75, 3.05) is 13.7 Å². The quantitative estimate of drug-likeness (QED) is 0.728. The largest absolute Gasteiger partial charge is 0.497 e. The van der Waals surface area contributed by atoms with Crippen molar-refractivity contribution in [3.05, 3.63) is 77.4 Å². The summed E-state index contributed by atoms with van der Waals surface area (Å²) in [5.74, 6) is -1.22. The number of benzene rings is 3. The van der Waals surface area contributed by atoms with E-state index in [1.165, 1.54) is 0 Å². The van der Waals surface area contributed by atoms with E-state index in [2.05, 4.69) is 0 Å². The summed E-state index contributed by atoms with van der Waals surface area (Å²) >= 11 is 0. The number of methoxy groups -OCH3 is 1. The Hall–Kier alpha value is -3.34. The Morgan fingerprint density at radius 2 is 1.79 bits per heavy atom. The Bertz CT molecular complexity index is 1090. The molecule has 3 aromatic carbocycles. The predicted molar refractivity (Wildman–Crippen MR) is 111 cm³/mol. The Balaban J connectivity index is 1.61. The van der Waals surface area contributed by atoms with Gasteiger partial charge in [0.2, 0.25) is 5.91 Å². The number of carboxylic acid groups (broad SMARTS) is 1. The Kier molecular flexibility index (Phi) is 4.97. The van der Waals surface area contributed by atoms with Crippen LogP contribution in [0.3, 0.4) is 0 Å². The van der Waals surface area contributed by atoms with Crippen LogP contribution in [0.25, 0.3) is 10.8 Å². The van der Waals surface area contributed by atoms with Crippen LogP contribution in [0.5, 0.6) is 5.75 Å². The van der Waals surface area contributed by atoms with Gasteiger partial charge in [-0.15, -0.1) is 0 Å². The third-order valence-corrected chi connectivity index (χ3v) is 5.75. The van der Waals surface area contributed by atoms with Crippen LogP contribution in [0, 0.1) is 0 Å². The van der Waals surface area contributed by atoms with Crippen LogP contribution in [0.1, 0.15) is 35.4 Å². The number of rotatable bonds is 4. The SMILES string of the molecule is COc1ccc2cc(C(C)C(=O)N3Cc4ccccc4C(C(=O)O)C3)ccc2c1. The van der Waals surface area contributed by atoms with Crippen molar-refractivity contribution in [3.63, 3.8) is 0 Å². The summed E-state index contributed by atoms with van der Waals surface area (Å²) in [4.78, 5) is 26.7. The second kappa shape index (κ2) is 7.59. The number of carbonyl (C=O) groups is 2. The highest BCUT2D eigenvalue weighted by molar-refractivity contribution is 5.89. The molecule has 5 heteroatoms. The highest BCUT2D eigenvalue weighted by Crippen LogP contribution is 2.32. The minimum atomic E-state index is -0.901. The van der Waals surface area contributed by atoms with Gasteiger partial charge in [0.05, 0.1) is 18.9 Å². The number of ether oxygens (including phenoxy) is 1. The van der Waals surface area contributed by atoms with Crippen molar-refractivity contribution >= 4 is 22.6 Å². The molecule has 2 atom stereocenters. The molecule has 1 aliphatic rings. The highest BCUT2D eigenvalue weighted by atomic mass is 16.5. The topological polar surface area (TPSA) is 66.8 Å². The summed E-state index contributed by atoms with van der Waals surface area (Å²) < 4.78 is 5.27. The van der Waals surface area contributed by atoms with Crippen LogP contribution in [-0.2, 0) is 16.1 Å². The maximum Gasteiger partial charge on any atom is 0.312 e. The summed E-state index contributed by atoms with van der Waals surface area (Å²) in [6, 6.07) is 19.3. The number of hydrogen-bond acceptors (Lipinski definition) is 3. The number of carboxylic acids is 1. The van der Waals surface area contributed by atoms with E-state index in [1.807, 2.05) is 67.6 Å². The zero-order valence-electron chi connectivity index (χ0n) is 16.5. The highest BCUT2D eigenvalue weighted by Gasteiger charge is 2.34. The molecular weight excluding hydrogens is 366 g/mol. The number of nitrogens with zero attached hydrogens (tertiary/aromatic N) is 1. The lowest BCUT2D eigenvalue weighted by atomic mass is 9.88. The zero-order chi connectivity index (χ0) is 20.5. The minimum absolute atomic E-state index is 0.0568. The molecule has 1 aliphatic heterocycles.